The number of anilines is 1. The summed E-state index contributed by atoms with van der Waals surface area (Å²) in [6.07, 6.45) is 4.84. The second kappa shape index (κ2) is 10.8. The Morgan fingerprint density at radius 3 is 2.24 bits per heavy atom. The Balaban J connectivity index is 1.28. The minimum absolute atomic E-state index is 0.0726. The van der Waals surface area contributed by atoms with Gasteiger partial charge in [0.05, 0.1) is 27.0 Å². The maximum absolute atomic E-state index is 12.9. The van der Waals surface area contributed by atoms with Gasteiger partial charge in [-0.25, -0.2) is 9.97 Å². The number of amides is 1. The number of ether oxygens (including phenoxy) is 3. The number of aromatic nitrogens is 5. The predicted molar refractivity (Wildman–Crippen MR) is 143 cm³/mol. The van der Waals surface area contributed by atoms with Crippen LogP contribution >= 0.6 is 0 Å². The number of hydrogen-bond donors (Lipinski definition) is 0. The van der Waals surface area contributed by atoms with Crippen LogP contribution in [-0.4, -0.2) is 83.3 Å². The molecule has 1 aliphatic rings. The summed E-state index contributed by atoms with van der Waals surface area (Å²) in [5.41, 5.74) is 4.10. The van der Waals surface area contributed by atoms with E-state index in [0.717, 1.165) is 11.3 Å². The molecule has 1 fully saturated rings. The van der Waals surface area contributed by atoms with Crippen LogP contribution < -0.4 is 19.1 Å². The van der Waals surface area contributed by atoms with Gasteiger partial charge in [-0.2, -0.15) is 4.68 Å². The second-order valence-electron chi connectivity index (χ2n) is 8.81. The molecule has 0 atom stereocenters. The van der Waals surface area contributed by atoms with Gasteiger partial charge in [-0.05, 0) is 42.8 Å². The predicted octanol–water partition coefficient (Wildman–Crippen LogP) is 2.91. The first-order valence-electron chi connectivity index (χ1n) is 12.2. The molecule has 38 heavy (non-hydrogen) atoms. The van der Waals surface area contributed by atoms with Crippen molar-refractivity contribution in [1.82, 2.24) is 29.9 Å². The molecule has 2 aromatic heterocycles. The van der Waals surface area contributed by atoms with Gasteiger partial charge >= 0.3 is 0 Å². The zero-order valence-electron chi connectivity index (χ0n) is 21.8. The molecular weight excluding hydrogens is 486 g/mol. The Morgan fingerprint density at radius 1 is 0.921 bits per heavy atom. The second-order valence-corrected chi connectivity index (χ2v) is 8.81. The van der Waals surface area contributed by atoms with Gasteiger partial charge < -0.3 is 24.0 Å². The fourth-order valence-corrected chi connectivity index (χ4v) is 4.44. The summed E-state index contributed by atoms with van der Waals surface area (Å²) in [6, 6.07) is 11.6. The van der Waals surface area contributed by atoms with Crippen LogP contribution in [0.5, 0.6) is 17.2 Å². The van der Waals surface area contributed by atoms with Gasteiger partial charge in [-0.3, -0.25) is 4.79 Å². The number of methoxy groups -OCH3 is 3. The quantitative estimate of drug-likeness (QED) is 0.343. The average Bonchev–Trinajstić information content (AvgIpc) is 3.40. The van der Waals surface area contributed by atoms with Gasteiger partial charge in [0.2, 0.25) is 11.7 Å². The molecule has 0 bridgehead atoms. The molecule has 0 N–H and O–H groups in total. The van der Waals surface area contributed by atoms with Crippen LogP contribution in [0, 0.1) is 6.92 Å². The first-order chi connectivity index (χ1) is 18.5. The number of piperazine rings is 1. The molecule has 11 nitrogen and oxygen atoms in total. The van der Waals surface area contributed by atoms with E-state index in [-0.39, 0.29) is 5.91 Å². The summed E-state index contributed by atoms with van der Waals surface area (Å²) >= 11 is 0. The van der Waals surface area contributed by atoms with Crippen LogP contribution in [-0.2, 0) is 4.79 Å². The number of carbonyl (C=O) groups is 1. The van der Waals surface area contributed by atoms with Crippen molar-refractivity contribution in [2.24, 2.45) is 0 Å². The van der Waals surface area contributed by atoms with Crippen molar-refractivity contribution < 1.29 is 19.0 Å². The van der Waals surface area contributed by atoms with Crippen molar-refractivity contribution >= 4 is 29.0 Å². The van der Waals surface area contributed by atoms with Gasteiger partial charge in [0.1, 0.15) is 6.33 Å². The number of fused-ring (bicyclic) bond motifs is 1. The molecule has 5 rings (SSSR count). The number of rotatable bonds is 7. The Bertz CT molecular complexity index is 1450. The van der Waals surface area contributed by atoms with Gasteiger partial charge in [0, 0.05) is 32.3 Å². The van der Waals surface area contributed by atoms with Crippen molar-refractivity contribution in [2.45, 2.75) is 6.92 Å². The zero-order valence-corrected chi connectivity index (χ0v) is 21.8. The first kappa shape index (κ1) is 25.0. The minimum Gasteiger partial charge on any atom is -0.493 e. The van der Waals surface area contributed by atoms with Gasteiger partial charge in [-0.1, -0.05) is 22.9 Å². The van der Waals surface area contributed by atoms with Crippen molar-refractivity contribution in [2.75, 3.05) is 52.4 Å². The van der Waals surface area contributed by atoms with Crippen LogP contribution in [0.2, 0.25) is 0 Å². The summed E-state index contributed by atoms with van der Waals surface area (Å²) < 4.78 is 17.9. The number of nitrogens with zero attached hydrogens (tertiary/aromatic N) is 7. The highest BCUT2D eigenvalue weighted by molar-refractivity contribution is 5.92. The monoisotopic (exact) mass is 515 g/mol. The molecular formula is C27H29N7O4. The molecule has 0 unspecified atom stereocenters. The molecule has 0 spiro atoms. The summed E-state index contributed by atoms with van der Waals surface area (Å²) in [5.74, 6) is 2.21. The van der Waals surface area contributed by atoms with Gasteiger partial charge in [0.25, 0.3) is 0 Å². The molecule has 1 aliphatic heterocycles. The Hall–Kier alpha value is -4.67. The maximum atomic E-state index is 12.9. The normalized spacial score (nSPS) is 13.8. The maximum Gasteiger partial charge on any atom is 0.246 e. The van der Waals surface area contributed by atoms with E-state index in [4.69, 9.17) is 14.2 Å². The van der Waals surface area contributed by atoms with Crippen molar-refractivity contribution in [3.63, 3.8) is 0 Å². The first-order valence-corrected chi connectivity index (χ1v) is 12.2. The summed E-state index contributed by atoms with van der Waals surface area (Å²) in [6.45, 7) is 4.38. The number of carbonyl (C=O) groups excluding carboxylic acids is 1. The highest BCUT2D eigenvalue weighted by atomic mass is 16.5. The molecule has 0 aliphatic carbocycles. The molecule has 196 valence electrons. The molecule has 0 radical (unpaired) electrons. The standard InChI is InChI=1S/C27H29N7O4/c1-18-5-8-20(9-6-18)34-27-24(30-31-34)26(28-17-29-27)33-13-11-32(12-14-33)23(35)10-7-19-15-21(36-2)25(38-4)22(16-19)37-3/h5-10,15-17H,11-14H2,1-4H3/b10-7-. The van der Waals surface area contributed by atoms with Crippen LogP contribution in [0.25, 0.3) is 22.9 Å². The number of benzene rings is 2. The van der Waals surface area contributed by atoms with Gasteiger partial charge in [-0.15, -0.1) is 5.10 Å². The summed E-state index contributed by atoms with van der Waals surface area (Å²) in [7, 11) is 4.67. The zero-order chi connectivity index (χ0) is 26.6. The highest BCUT2D eigenvalue weighted by Gasteiger charge is 2.24. The van der Waals surface area contributed by atoms with Crippen molar-refractivity contribution in [1.29, 1.82) is 0 Å². The Labute approximate surface area is 220 Å². The van der Waals surface area contributed by atoms with Gasteiger partial charge in [0.15, 0.2) is 28.5 Å². The Kier molecular flexibility index (Phi) is 7.07. The third-order valence-corrected chi connectivity index (χ3v) is 6.49. The van der Waals surface area contributed by atoms with Crippen LogP contribution in [0.1, 0.15) is 11.1 Å². The minimum atomic E-state index is -0.0726. The molecule has 1 amide bonds. The summed E-state index contributed by atoms with van der Waals surface area (Å²) in [4.78, 5) is 25.8. The lowest BCUT2D eigenvalue weighted by Gasteiger charge is -2.34. The van der Waals surface area contributed by atoms with E-state index >= 15 is 0 Å². The molecule has 11 heteroatoms. The summed E-state index contributed by atoms with van der Waals surface area (Å²) in [5, 5.41) is 8.70. The molecule has 4 aromatic rings. The highest BCUT2D eigenvalue weighted by Crippen LogP contribution is 2.38. The Morgan fingerprint density at radius 2 is 1.61 bits per heavy atom. The van der Waals surface area contributed by atoms with Crippen LogP contribution in [0.3, 0.4) is 0 Å². The van der Waals surface area contributed by atoms with Crippen molar-refractivity contribution in [3.8, 4) is 22.9 Å². The molecule has 1 saturated heterocycles. The van der Waals surface area contributed by atoms with E-state index in [9.17, 15) is 4.79 Å². The van der Waals surface area contributed by atoms with E-state index in [0.29, 0.717) is 60.4 Å². The lowest BCUT2D eigenvalue weighted by atomic mass is 10.1. The molecule has 3 heterocycles. The van der Waals surface area contributed by atoms with E-state index in [1.54, 1.807) is 50.3 Å². The number of aryl methyl sites for hydroxylation is 1. The average molecular weight is 516 g/mol. The van der Waals surface area contributed by atoms with E-state index in [2.05, 4.69) is 25.2 Å². The fraction of sp³-hybridized carbons (Fsp3) is 0.296. The lowest BCUT2D eigenvalue weighted by Crippen LogP contribution is -2.48. The van der Waals surface area contributed by atoms with E-state index in [1.807, 2.05) is 36.1 Å². The largest absolute Gasteiger partial charge is 0.493 e. The smallest absolute Gasteiger partial charge is 0.246 e. The third-order valence-electron chi connectivity index (χ3n) is 6.49. The lowest BCUT2D eigenvalue weighted by molar-refractivity contribution is -0.126. The van der Waals surface area contributed by atoms with Crippen molar-refractivity contribution in [3.05, 3.63) is 59.9 Å². The fourth-order valence-electron chi connectivity index (χ4n) is 4.44. The SMILES string of the molecule is COc1cc(/C=C\C(=O)N2CCN(c3ncnc4c3nnn4-c3ccc(C)cc3)CC2)cc(OC)c1OC. The molecule has 0 saturated carbocycles. The number of hydrogen-bond acceptors (Lipinski definition) is 9. The van der Waals surface area contributed by atoms with E-state index < -0.39 is 0 Å². The van der Waals surface area contributed by atoms with Crippen LogP contribution in [0.15, 0.2) is 48.8 Å². The van der Waals surface area contributed by atoms with E-state index in [1.165, 1.54) is 11.9 Å². The van der Waals surface area contributed by atoms with Crippen LogP contribution in [0.4, 0.5) is 5.82 Å². The topological polar surface area (TPSA) is 108 Å². The molecule has 2 aromatic carbocycles. The third kappa shape index (κ3) is 4.82.